The summed E-state index contributed by atoms with van der Waals surface area (Å²) >= 11 is 0. The van der Waals surface area contributed by atoms with E-state index in [1.807, 2.05) is 20.8 Å². The maximum atomic E-state index is 12.1. The maximum absolute atomic E-state index is 12.1. The third-order valence-corrected chi connectivity index (χ3v) is 5.50. The summed E-state index contributed by atoms with van der Waals surface area (Å²) < 4.78 is 32.8. The monoisotopic (exact) mass is 347 g/mol. The Hall–Kier alpha value is -0.820. The zero-order chi connectivity index (χ0) is 17.5. The summed E-state index contributed by atoms with van der Waals surface area (Å²) in [7, 11) is -1.56. The topological polar surface area (TPSA) is 72.9 Å². The Bertz CT molecular complexity index is 535. The van der Waals surface area contributed by atoms with Gasteiger partial charge in [-0.1, -0.05) is 0 Å². The number of carbonyl (C=O) groups excluding carboxylic acids is 1. The summed E-state index contributed by atoms with van der Waals surface area (Å²) in [6, 6.07) is 0.199. The van der Waals surface area contributed by atoms with Crippen LogP contribution in [0.1, 0.15) is 59.3 Å². The molecule has 0 aromatic heterocycles. The number of hydrogen-bond acceptors (Lipinski definition) is 5. The van der Waals surface area contributed by atoms with E-state index in [0.717, 1.165) is 44.8 Å². The minimum absolute atomic E-state index is 0.162. The van der Waals surface area contributed by atoms with Crippen LogP contribution in [0.25, 0.3) is 0 Å². The van der Waals surface area contributed by atoms with Crippen LogP contribution in [0.2, 0.25) is 0 Å². The van der Waals surface area contributed by atoms with Gasteiger partial charge >= 0.3 is 6.09 Å². The van der Waals surface area contributed by atoms with Gasteiger partial charge in [-0.05, 0) is 64.7 Å². The van der Waals surface area contributed by atoms with Crippen LogP contribution < -0.4 is 0 Å². The van der Waals surface area contributed by atoms with Gasteiger partial charge in [-0.3, -0.25) is 4.18 Å². The second kappa shape index (κ2) is 6.24. The summed E-state index contributed by atoms with van der Waals surface area (Å²) in [6.07, 6.45) is 6.16. The van der Waals surface area contributed by atoms with Crippen molar-refractivity contribution in [2.75, 3.05) is 13.3 Å². The fraction of sp³-hybridized carbons (Fsp3) is 0.938. The molecule has 0 atom stereocenters. The molecule has 0 saturated heterocycles. The molecule has 2 saturated carbocycles. The second-order valence-electron chi connectivity index (χ2n) is 8.15. The van der Waals surface area contributed by atoms with Crippen LogP contribution >= 0.6 is 0 Å². The highest BCUT2D eigenvalue weighted by molar-refractivity contribution is 7.86. The molecule has 6 nitrogen and oxygen atoms in total. The van der Waals surface area contributed by atoms with Crippen molar-refractivity contribution in [3.8, 4) is 0 Å². The van der Waals surface area contributed by atoms with Crippen molar-refractivity contribution >= 4 is 16.2 Å². The molecule has 7 heteroatoms. The largest absolute Gasteiger partial charge is 0.444 e. The molecule has 0 unspecified atom stereocenters. The molecule has 2 aliphatic carbocycles. The quantitative estimate of drug-likeness (QED) is 0.734. The summed E-state index contributed by atoms with van der Waals surface area (Å²) in [6.45, 7) is 5.60. The molecule has 0 aliphatic heterocycles. The van der Waals surface area contributed by atoms with Gasteiger partial charge in [0.05, 0.1) is 12.4 Å². The minimum Gasteiger partial charge on any atom is -0.444 e. The molecular formula is C16H29NO5S. The van der Waals surface area contributed by atoms with E-state index in [1.165, 1.54) is 0 Å². The Kier molecular flexibility index (Phi) is 5.02. The lowest BCUT2D eigenvalue weighted by Crippen LogP contribution is -2.49. The Morgan fingerprint density at radius 3 is 2.13 bits per heavy atom. The summed E-state index contributed by atoms with van der Waals surface area (Å²) in [5, 5.41) is 0. The van der Waals surface area contributed by atoms with Crippen LogP contribution in [-0.2, 0) is 19.0 Å². The number of carbonyl (C=O) groups is 1. The summed E-state index contributed by atoms with van der Waals surface area (Å²) in [5.74, 6) is 0. The van der Waals surface area contributed by atoms with E-state index in [9.17, 15) is 13.2 Å². The third kappa shape index (κ3) is 5.08. The Morgan fingerprint density at radius 1 is 1.17 bits per heavy atom. The molecule has 1 amide bonds. The van der Waals surface area contributed by atoms with Gasteiger partial charge in [0.1, 0.15) is 5.60 Å². The lowest BCUT2D eigenvalue weighted by Gasteiger charge is -2.51. The number of amides is 1. The zero-order valence-corrected chi connectivity index (χ0v) is 15.6. The van der Waals surface area contributed by atoms with Crippen LogP contribution in [0.3, 0.4) is 0 Å². The van der Waals surface area contributed by atoms with Gasteiger partial charge in [0.15, 0.2) is 0 Å². The van der Waals surface area contributed by atoms with Gasteiger partial charge in [0, 0.05) is 13.1 Å². The first-order valence-electron chi connectivity index (χ1n) is 8.23. The van der Waals surface area contributed by atoms with Crippen molar-refractivity contribution < 1.29 is 22.1 Å². The van der Waals surface area contributed by atoms with Crippen molar-refractivity contribution in [3.05, 3.63) is 0 Å². The molecule has 0 radical (unpaired) electrons. The molecule has 23 heavy (non-hydrogen) atoms. The molecule has 0 N–H and O–H groups in total. The molecule has 1 spiro atoms. The number of nitrogens with zero attached hydrogens (tertiary/aromatic N) is 1. The predicted octanol–water partition coefficient (Wildman–Crippen LogP) is 2.92. The molecule has 0 bridgehead atoms. The highest BCUT2D eigenvalue weighted by Crippen LogP contribution is 2.53. The predicted molar refractivity (Wildman–Crippen MR) is 87.6 cm³/mol. The van der Waals surface area contributed by atoms with Crippen LogP contribution in [0.15, 0.2) is 0 Å². The summed E-state index contributed by atoms with van der Waals surface area (Å²) in [5.41, 5.74) is -0.272. The first-order valence-corrected chi connectivity index (χ1v) is 10.0. The van der Waals surface area contributed by atoms with Crippen molar-refractivity contribution in [3.63, 3.8) is 0 Å². The fourth-order valence-electron chi connectivity index (χ4n) is 3.71. The van der Waals surface area contributed by atoms with E-state index in [4.69, 9.17) is 8.92 Å². The minimum atomic E-state index is -3.36. The highest BCUT2D eigenvalue weighted by atomic mass is 32.2. The molecule has 2 fully saturated rings. The third-order valence-electron chi connectivity index (χ3n) is 4.88. The maximum Gasteiger partial charge on any atom is 0.410 e. The highest BCUT2D eigenvalue weighted by Gasteiger charge is 2.48. The van der Waals surface area contributed by atoms with E-state index < -0.39 is 15.7 Å². The molecule has 0 heterocycles. The van der Waals surface area contributed by atoms with Crippen molar-refractivity contribution in [1.82, 2.24) is 4.90 Å². The molecule has 0 aromatic rings. The Morgan fingerprint density at radius 2 is 1.70 bits per heavy atom. The lowest BCUT2D eigenvalue weighted by molar-refractivity contribution is -0.0515. The molecular weight excluding hydrogens is 318 g/mol. The van der Waals surface area contributed by atoms with Crippen LogP contribution in [0, 0.1) is 5.41 Å². The van der Waals surface area contributed by atoms with Gasteiger partial charge in [0.2, 0.25) is 0 Å². The van der Waals surface area contributed by atoms with Crippen LogP contribution in [0.5, 0.6) is 0 Å². The first-order chi connectivity index (χ1) is 10.4. The lowest BCUT2D eigenvalue weighted by atomic mass is 9.58. The molecule has 134 valence electrons. The average Bonchev–Trinajstić information content (AvgIpc) is 2.33. The number of ether oxygens (including phenoxy) is 1. The molecule has 2 rings (SSSR count). The molecule has 0 aromatic carbocycles. The number of rotatable bonds is 3. The van der Waals surface area contributed by atoms with E-state index in [1.54, 1.807) is 11.9 Å². The van der Waals surface area contributed by atoms with Crippen molar-refractivity contribution in [2.24, 2.45) is 5.41 Å². The van der Waals surface area contributed by atoms with E-state index in [0.29, 0.717) is 0 Å². The first kappa shape index (κ1) is 18.5. The van der Waals surface area contributed by atoms with Crippen molar-refractivity contribution in [1.29, 1.82) is 0 Å². The Balaban J connectivity index is 1.80. The second-order valence-corrected chi connectivity index (χ2v) is 9.75. The van der Waals surface area contributed by atoms with Crippen LogP contribution in [0.4, 0.5) is 4.79 Å². The van der Waals surface area contributed by atoms with Gasteiger partial charge in [-0.2, -0.15) is 8.42 Å². The van der Waals surface area contributed by atoms with Gasteiger partial charge in [-0.15, -0.1) is 0 Å². The van der Waals surface area contributed by atoms with Crippen molar-refractivity contribution in [2.45, 2.75) is 77.0 Å². The number of hydrogen-bond donors (Lipinski definition) is 0. The standard InChI is InChI=1S/C16H29NO5S/c1-15(2,3)21-14(18)17(4)12-6-8-16(9-7-12)10-13(11-16)22-23(5,19)20/h12-13H,6-11H2,1-5H3. The average molecular weight is 347 g/mol. The van der Waals surface area contributed by atoms with E-state index in [2.05, 4.69) is 0 Å². The SMILES string of the molecule is CN(C(=O)OC(C)(C)C)C1CCC2(CC1)CC(OS(C)(=O)=O)C2. The van der Waals surface area contributed by atoms with Gasteiger partial charge in [-0.25, -0.2) is 4.79 Å². The smallest absolute Gasteiger partial charge is 0.410 e. The van der Waals surface area contributed by atoms with Gasteiger partial charge < -0.3 is 9.64 Å². The van der Waals surface area contributed by atoms with E-state index >= 15 is 0 Å². The normalized spacial score (nSPS) is 31.5. The molecule has 2 aliphatic rings. The van der Waals surface area contributed by atoms with Gasteiger partial charge in [0.25, 0.3) is 10.1 Å². The summed E-state index contributed by atoms with van der Waals surface area (Å²) in [4.78, 5) is 13.8. The zero-order valence-electron chi connectivity index (χ0n) is 14.8. The fourth-order valence-corrected chi connectivity index (χ4v) is 4.35. The van der Waals surface area contributed by atoms with E-state index in [-0.39, 0.29) is 23.7 Å². The van der Waals surface area contributed by atoms with Crippen LogP contribution in [-0.4, -0.2) is 50.5 Å². The Labute approximate surface area is 139 Å².